The predicted octanol–water partition coefficient (Wildman–Crippen LogP) is 3.87. The van der Waals surface area contributed by atoms with E-state index in [0.717, 1.165) is 5.56 Å². The Labute approximate surface area is 184 Å². The largest absolute Gasteiger partial charge is 0.447 e. The number of nitrogen functional groups attached to an aromatic ring is 1. The normalized spacial score (nSPS) is 12.6. The first-order valence-electron chi connectivity index (χ1n) is 10.0. The summed E-state index contributed by atoms with van der Waals surface area (Å²) in [5.41, 5.74) is 8.73. The molecule has 162 valence electrons. The van der Waals surface area contributed by atoms with E-state index in [9.17, 15) is 4.39 Å². The molecule has 3 aromatic heterocycles. The lowest BCUT2D eigenvalue weighted by Crippen LogP contribution is -2.14. The van der Waals surface area contributed by atoms with Gasteiger partial charge < -0.3 is 15.8 Å². The molecule has 0 fully saturated rings. The summed E-state index contributed by atoms with van der Waals surface area (Å²) in [6.45, 7) is 5.50. The Kier molecular flexibility index (Phi) is 5.85. The summed E-state index contributed by atoms with van der Waals surface area (Å²) in [4.78, 5) is 13.4. The van der Waals surface area contributed by atoms with Crippen molar-refractivity contribution in [1.29, 1.82) is 0 Å². The maximum Gasteiger partial charge on any atom is 0.320 e. The SMILES string of the molecule is CC#CC(C)Oc1nc(N[C@@H](C)c2ccc(F)cc2)cc(-c2c(N)nn3cccnc23)n1. The minimum Gasteiger partial charge on any atom is -0.447 e. The highest BCUT2D eigenvalue weighted by Crippen LogP contribution is 2.31. The molecule has 0 aliphatic carbocycles. The van der Waals surface area contributed by atoms with Crippen LogP contribution in [0.3, 0.4) is 0 Å². The summed E-state index contributed by atoms with van der Waals surface area (Å²) < 4.78 is 20.7. The van der Waals surface area contributed by atoms with Crippen molar-refractivity contribution in [3.05, 3.63) is 60.2 Å². The van der Waals surface area contributed by atoms with Crippen LogP contribution in [0.4, 0.5) is 16.0 Å². The molecule has 4 aromatic rings. The lowest BCUT2D eigenvalue weighted by molar-refractivity contribution is 0.256. The van der Waals surface area contributed by atoms with Gasteiger partial charge in [-0.15, -0.1) is 11.0 Å². The lowest BCUT2D eigenvalue weighted by atomic mass is 10.1. The van der Waals surface area contributed by atoms with Gasteiger partial charge in [-0.3, -0.25) is 0 Å². The fourth-order valence-electron chi connectivity index (χ4n) is 3.28. The van der Waals surface area contributed by atoms with Gasteiger partial charge in [-0.05, 0) is 44.5 Å². The van der Waals surface area contributed by atoms with Crippen LogP contribution in [-0.4, -0.2) is 30.7 Å². The number of nitrogens with zero attached hydrogens (tertiary/aromatic N) is 5. The molecule has 0 aliphatic heterocycles. The molecule has 9 heteroatoms. The van der Waals surface area contributed by atoms with E-state index in [0.29, 0.717) is 22.7 Å². The van der Waals surface area contributed by atoms with Crippen molar-refractivity contribution in [1.82, 2.24) is 24.6 Å². The topological polar surface area (TPSA) is 103 Å². The molecule has 4 rings (SSSR count). The van der Waals surface area contributed by atoms with Gasteiger partial charge in [0, 0.05) is 24.5 Å². The van der Waals surface area contributed by atoms with E-state index < -0.39 is 6.10 Å². The third-order valence-corrected chi connectivity index (χ3v) is 4.75. The van der Waals surface area contributed by atoms with E-state index in [1.807, 2.05) is 13.8 Å². The van der Waals surface area contributed by atoms with Gasteiger partial charge in [0.1, 0.15) is 11.6 Å². The average molecular weight is 431 g/mol. The Bertz CT molecular complexity index is 1310. The third-order valence-electron chi connectivity index (χ3n) is 4.75. The molecule has 0 aliphatic rings. The van der Waals surface area contributed by atoms with Gasteiger partial charge in [-0.1, -0.05) is 18.1 Å². The van der Waals surface area contributed by atoms with Crippen LogP contribution in [0, 0.1) is 17.7 Å². The van der Waals surface area contributed by atoms with E-state index >= 15 is 0 Å². The van der Waals surface area contributed by atoms with Crippen molar-refractivity contribution in [2.45, 2.75) is 32.9 Å². The number of fused-ring (bicyclic) bond motifs is 1. The van der Waals surface area contributed by atoms with Gasteiger partial charge >= 0.3 is 6.01 Å². The molecular weight excluding hydrogens is 409 g/mol. The first-order valence-corrected chi connectivity index (χ1v) is 10.0. The van der Waals surface area contributed by atoms with Crippen molar-refractivity contribution >= 4 is 17.3 Å². The predicted molar refractivity (Wildman–Crippen MR) is 120 cm³/mol. The first kappa shape index (κ1) is 21.1. The standard InChI is InChI=1S/C23H22FN7O/c1-4-6-14(2)32-23-28-18(20-21(25)30-31-12-5-11-26-22(20)31)13-19(29-23)27-15(3)16-7-9-17(24)10-8-16/h5,7-15H,1-3H3,(H2,25,30)(H,27,28,29)/t14?,15-/m0/s1. The number of rotatable bonds is 6. The summed E-state index contributed by atoms with van der Waals surface area (Å²) in [6, 6.07) is 9.79. The number of hydrogen-bond acceptors (Lipinski definition) is 7. The van der Waals surface area contributed by atoms with Gasteiger partial charge in [-0.25, -0.2) is 13.9 Å². The second kappa shape index (κ2) is 8.89. The zero-order chi connectivity index (χ0) is 22.7. The number of anilines is 2. The molecule has 0 saturated heterocycles. The molecule has 1 unspecified atom stereocenters. The minimum absolute atomic E-state index is 0.140. The highest BCUT2D eigenvalue weighted by atomic mass is 19.1. The lowest BCUT2D eigenvalue weighted by Gasteiger charge is -2.17. The van der Waals surface area contributed by atoms with Crippen LogP contribution >= 0.6 is 0 Å². The fraction of sp³-hybridized carbons (Fsp3) is 0.217. The highest BCUT2D eigenvalue weighted by Gasteiger charge is 2.19. The first-order chi connectivity index (χ1) is 15.4. The van der Waals surface area contributed by atoms with Crippen LogP contribution < -0.4 is 15.8 Å². The van der Waals surface area contributed by atoms with Crippen LogP contribution in [-0.2, 0) is 0 Å². The van der Waals surface area contributed by atoms with E-state index in [4.69, 9.17) is 10.5 Å². The molecular formula is C23H22FN7O. The number of ether oxygens (including phenoxy) is 1. The van der Waals surface area contributed by atoms with E-state index in [1.165, 1.54) is 12.1 Å². The zero-order valence-electron chi connectivity index (χ0n) is 17.9. The molecule has 0 amide bonds. The second-order valence-corrected chi connectivity index (χ2v) is 7.14. The number of nitrogens with one attached hydrogen (secondary N) is 1. The van der Waals surface area contributed by atoms with Crippen LogP contribution in [0.5, 0.6) is 6.01 Å². The smallest absolute Gasteiger partial charge is 0.320 e. The van der Waals surface area contributed by atoms with Gasteiger partial charge in [-0.2, -0.15) is 9.97 Å². The Morgan fingerprint density at radius 3 is 2.72 bits per heavy atom. The molecule has 3 N–H and O–H groups in total. The molecule has 1 aromatic carbocycles. The van der Waals surface area contributed by atoms with Crippen LogP contribution in [0.25, 0.3) is 16.9 Å². The summed E-state index contributed by atoms with van der Waals surface area (Å²) in [5, 5.41) is 7.62. The Balaban J connectivity index is 1.76. The Hall–Kier alpha value is -4.19. The second-order valence-electron chi connectivity index (χ2n) is 7.14. The maximum atomic E-state index is 13.3. The molecule has 0 radical (unpaired) electrons. The number of aromatic nitrogens is 5. The van der Waals surface area contributed by atoms with E-state index in [-0.39, 0.29) is 23.7 Å². The van der Waals surface area contributed by atoms with Crippen molar-refractivity contribution in [3.8, 4) is 29.1 Å². The van der Waals surface area contributed by atoms with E-state index in [1.54, 1.807) is 48.1 Å². The molecule has 0 bridgehead atoms. The summed E-state index contributed by atoms with van der Waals surface area (Å²) in [7, 11) is 0. The summed E-state index contributed by atoms with van der Waals surface area (Å²) >= 11 is 0. The zero-order valence-corrected chi connectivity index (χ0v) is 17.9. The minimum atomic E-state index is -0.406. The molecule has 8 nitrogen and oxygen atoms in total. The maximum absolute atomic E-state index is 13.3. The molecule has 32 heavy (non-hydrogen) atoms. The number of halogens is 1. The van der Waals surface area contributed by atoms with Crippen molar-refractivity contribution < 1.29 is 9.13 Å². The monoisotopic (exact) mass is 431 g/mol. The number of hydrogen-bond donors (Lipinski definition) is 2. The Morgan fingerprint density at radius 2 is 1.97 bits per heavy atom. The molecule has 0 spiro atoms. The Morgan fingerprint density at radius 1 is 1.19 bits per heavy atom. The summed E-state index contributed by atoms with van der Waals surface area (Å²) in [6.07, 6.45) is 3.01. The van der Waals surface area contributed by atoms with Crippen LogP contribution in [0.15, 0.2) is 48.8 Å². The van der Waals surface area contributed by atoms with Crippen LogP contribution in [0.1, 0.15) is 32.4 Å². The van der Waals surface area contributed by atoms with Crippen LogP contribution in [0.2, 0.25) is 0 Å². The van der Waals surface area contributed by atoms with Gasteiger partial charge in [0.2, 0.25) is 0 Å². The third kappa shape index (κ3) is 4.44. The van der Waals surface area contributed by atoms with Gasteiger partial charge in [0.25, 0.3) is 0 Å². The van der Waals surface area contributed by atoms with Crippen molar-refractivity contribution in [2.75, 3.05) is 11.1 Å². The molecule has 2 atom stereocenters. The molecule has 0 saturated carbocycles. The highest BCUT2D eigenvalue weighted by molar-refractivity contribution is 5.85. The average Bonchev–Trinajstić information content (AvgIpc) is 3.09. The van der Waals surface area contributed by atoms with Crippen molar-refractivity contribution in [2.24, 2.45) is 0 Å². The van der Waals surface area contributed by atoms with Gasteiger partial charge in [0.15, 0.2) is 17.6 Å². The van der Waals surface area contributed by atoms with E-state index in [2.05, 4.69) is 37.2 Å². The fourth-order valence-corrected chi connectivity index (χ4v) is 3.28. The summed E-state index contributed by atoms with van der Waals surface area (Å²) in [5.74, 6) is 6.24. The van der Waals surface area contributed by atoms with Gasteiger partial charge in [0.05, 0.1) is 11.3 Å². The molecule has 3 heterocycles. The number of nitrogens with two attached hydrogens (primary N) is 1. The quantitative estimate of drug-likeness (QED) is 0.447. The van der Waals surface area contributed by atoms with Crippen molar-refractivity contribution in [3.63, 3.8) is 0 Å². The number of benzene rings is 1.